The minimum absolute atomic E-state index is 0.107. The fourth-order valence-electron chi connectivity index (χ4n) is 5.02. The van der Waals surface area contributed by atoms with Crippen molar-refractivity contribution >= 4 is 5.78 Å². The number of nitrogens with zero attached hydrogens (tertiary/aromatic N) is 3. The van der Waals surface area contributed by atoms with E-state index in [-0.39, 0.29) is 11.7 Å². The molecule has 18 heteroatoms. The van der Waals surface area contributed by atoms with Crippen LogP contribution < -0.4 is 0 Å². The third kappa shape index (κ3) is 42.0. The summed E-state index contributed by atoms with van der Waals surface area (Å²) < 4.78 is 79.0. The van der Waals surface area contributed by atoms with Crippen LogP contribution in [0.1, 0.15) is 65.5 Å². The van der Waals surface area contributed by atoms with E-state index in [2.05, 4.69) is 24.2 Å². The molecule has 0 fully saturated rings. The van der Waals surface area contributed by atoms with Gasteiger partial charge in [-0.25, -0.2) is 0 Å². The molecule has 1 aromatic heterocycles. The Morgan fingerprint density at radius 3 is 1.10 bits per heavy atom. The number of ketones is 1. The van der Waals surface area contributed by atoms with Crippen LogP contribution in [-0.4, -0.2) is 199 Å². The minimum Gasteiger partial charge on any atom is -0.379 e. The minimum atomic E-state index is 0.107. The van der Waals surface area contributed by atoms with E-state index in [1.807, 2.05) is 24.7 Å². The number of carbonyl (C=O) groups excluding carboxylic acids is 1. The van der Waals surface area contributed by atoms with Crippen LogP contribution in [0, 0.1) is 11.8 Å². The third-order valence-corrected chi connectivity index (χ3v) is 8.75. The molecule has 1 heterocycles. The van der Waals surface area contributed by atoms with Crippen molar-refractivity contribution in [2.75, 3.05) is 178 Å². The molecule has 0 saturated heterocycles. The van der Waals surface area contributed by atoms with Crippen LogP contribution in [0.5, 0.6) is 0 Å². The number of carbonyl (C=O) groups is 1. The van der Waals surface area contributed by atoms with Gasteiger partial charge in [-0.05, 0) is 18.8 Å². The molecule has 1 atom stereocenters. The lowest BCUT2D eigenvalue weighted by Gasteiger charge is -2.09. The molecule has 1 rings (SSSR count). The molecular formula is C43H83N3O15. The van der Waals surface area contributed by atoms with Crippen LogP contribution >= 0.6 is 0 Å². The Bertz CT molecular complexity index is 1040. The highest BCUT2D eigenvalue weighted by atomic mass is 16.6. The second kappa shape index (κ2) is 46.2. The summed E-state index contributed by atoms with van der Waals surface area (Å²) in [6.45, 7) is 23.1. The molecule has 0 amide bonds. The summed E-state index contributed by atoms with van der Waals surface area (Å²) in [5.41, 5.74) is 0.838. The summed E-state index contributed by atoms with van der Waals surface area (Å²) in [7, 11) is 0. The van der Waals surface area contributed by atoms with E-state index < -0.39 is 0 Å². The van der Waals surface area contributed by atoms with E-state index in [0.717, 1.165) is 31.0 Å². The summed E-state index contributed by atoms with van der Waals surface area (Å²) in [6, 6.07) is 0. The van der Waals surface area contributed by atoms with Crippen molar-refractivity contribution in [1.82, 2.24) is 15.0 Å². The van der Waals surface area contributed by atoms with Gasteiger partial charge >= 0.3 is 0 Å². The first-order chi connectivity index (χ1) is 30.0. The summed E-state index contributed by atoms with van der Waals surface area (Å²) >= 11 is 0. The predicted octanol–water partition coefficient (Wildman–Crippen LogP) is 3.84. The number of Topliss-reactive ketones (excluding diaryl/α,β-unsaturated/α-hetero) is 1. The van der Waals surface area contributed by atoms with Crippen LogP contribution in [0.15, 0.2) is 6.20 Å². The van der Waals surface area contributed by atoms with Crippen LogP contribution in [-0.2, 0) is 84.3 Å². The topological polar surface area (TPSA) is 177 Å². The first-order valence-corrected chi connectivity index (χ1v) is 22.5. The van der Waals surface area contributed by atoms with Crippen molar-refractivity contribution in [3.05, 3.63) is 11.9 Å². The second-order valence-electron chi connectivity index (χ2n) is 14.4. The van der Waals surface area contributed by atoms with Crippen molar-refractivity contribution < 1.29 is 71.1 Å². The largest absolute Gasteiger partial charge is 0.379 e. The molecular weight excluding hydrogens is 798 g/mol. The third-order valence-electron chi connectivity index (χ3n) is 8.75. The van der Waals surface area contributed by atoms with Crippen LogP contribution in [0.4, 0.5) is 0 Å². The molecule has 0 aliphatic carbocycles. The number of aryl methyl sites for hydroxylation is 1. The quantitative estimate of drug-likeness (QED) is 0.0862. The van der Waals surface area contributed by atoms with Gasteiger partial charge in [-0.15, -0.1) is 5.10 Å². The van der Waals surface area contributed by atoms with E-state index in [0.29, 0.717) is 191 Å². The predicted molar refractivity (Wildman–Crippen MR) is 228 cm³/mol. The van der Waals surface area contributed by atoms with Gasteiger partial charge in [0.2, 0.25) is 0 Å². The van der Waals surface area contributed by atoms with Crippen molar-refractivity contribution in [2.45, 2.75) is 73.0 Å². The maximum Gasteiger partial charge on any atom is 0.137 e. The lowest BCUT2D eigenvalue weighted by molar-refractivity contribution is -0.123. The molecule has 0 aliphatic rings. The van der Waals surface area contributed by atoms with Crippen LogP contribution in [0.3, 0.4) is 0 Å². The summed E-state index contributed by atoms with van der Waals surface area (Å²) in [5.74, 6) is 1.10. The molecule has 0 N–H and O–H groups in total. The van der Waals surface area contributed by atoms with Crippen molar-refractivity contribution in [2.24, 2.45) is 11.8 Å². The Morgan fingerprint density at radius 1 is 0.475 bits per heavy atom. The molecule has 18 nitrogen and oxygen atoms in total. The van der Waals surface area contributed by atoms with Gasteiger partial charge in [-0.2, -0.15) is 0 Å². The first-order valence-electron chi connectivity index (χ1n) is 22.5. The molecule has 0 spiro atoms. The van der Waals surface area contributed by atoms with E-state index in [1.54, 1.807) is 0 Å². The average molecular weight is 882 g/mol. The SMILES string of the molecule is CCC(C)C(=O)CCOCCOCCOCCOCCOCCOCCOCCOCCOCCOCCOCCOCCOCCOCc1cn(CCCCC(C)C)nn1. The van der Waals surface area contributed by atoms with Gasteiger partial charge < -0.3 is 66.3 Å². The van der Waals surface area contributed by atoms with E-state index in [4.69, 9.17) is 66.3 Å². The van der Waals surface area contributed by atoms with Gasteiger partial charge in [0.1, 0.15) is 11.5 Å². The number of hydrogen-bond acceptors (Lipinski definition) is 17. The number of rotatable bonds is 51. The molecule has 0 radical (unpaired) electrons. The molecule has 0 saturated carbocycles. The Labute approximate surface area is 366 Å². The smallest absolute Gasteiger partial charge is 0.137 e. The van der Waals surface area contributed by atoms with Gasteiger partial charge in [0.25, 0.3) is 0 Å². The summed E-state index contributed by atoms with van der Waals surface area (Å²) in [5, 5.41) is 8.33. The Balaban J connectivity index is 1.64. The zero-order valence-corrected chi connectivity index (χ0v) is 38.2. The first kappa shape index (κ1) is 57.3. The van der Waals surface area contributed by atoms with Gasteiger partial charge in [0, 0.05) is 18.9 Å². The summed E-state index contributed by atoms with van der Waals surface area (Å²) in [4.78, 5) is 11.7. The highest BCUT2D eigenvalue weighted by Gasteiger charge is 2.09. The Kier molecular flexibility index (Phi) is 43.4. The fourth-order valence-corrected chi connectivity index (χ4v) is 5.02. The molecule has 0 aliphatic heterocycles. The van der Waals surface area contributed by atoms with Gasteiger partial charge in [-0.1, -0.05) is 45.7 Å². The number of ether oxygens (including phenoxy) is 14. The lowest BCUT2D eigenvalue weighted by atomic mass is 10.0. The van der Waals surface area contributed by atoms with E-state index >= 15 is 0 Å². The van der Waals surface area contributed by atoms with Gasteiger partial charge in [0.05, 0.1) is 191 Å². The molecule has 360 valence electrons. The van der Waals surface area contributed by atoms with Gasteiger partial charge in [0.15, 0.2) is 0 Å². The standard InChI is InChI=1S/C43H83N3O15/c1-5-41(4)43(47)9-11-48-12-13-49-14-15-50-16-17-51-18-19-52-20-21-53-22-23-54-24-25-55-26-27-56-28-29-57-30-31-58-32-33-59-34-35-60-36-37-61-39-42-38-46(45-44-42)10-7-6-8-40(2)3/h38,40-41H,5-37,39H2,1-4H3. The number of aromatic nitrogens is 3. The van der Waals surface area contributed by atoms with Crippen LogP contribution in [0.2, 0.25) is 0 Å². The average Bonchev–Trinajstić information content (AvgIpc) is 3.72. The molecule has 1 aromatic rings. The number of unbranched alkanes of at least 4 members (excludes halogenated alkanes) is 1. The normalized spacial score (nSPS) is 12.3. The second-order valence-corrected chi connectivity index (χ2v) is 14.4. The zero-order valence-electron chi connectivity index (χ0n) is 38.2. The Morgan fingerprint density at radius 2 is 0.787 bits per heavy atom. The molecule has 61 heavy (non-hydrogen) atoms. The summed E-state index contributed by atoms with van der Waals surface area (Å²) in [6.07, 6.45) is 6.85. The molecule has 0 aromatic carbocycles. The maximum absolute atomic E-state index is 11.7. The van der Waals surface area contributed by atoms with E-state index in [9.17, 15) is 4.79 Å². The van der Waals surface area contributed by atoms with Gasteiger partial charge in [-0.3, -0.25) is 9.48 Å². The molecule has 0 bridgehead atoms. The Hall–Kier alpha value is -1.75. The lowest BCUT2D eigenvalue weighted by Crippen LogP contribution is -2.16. The highest BCUT2D eigenvalue weighted by Crippen LogP contribution is 2.08. The maximum atomic E-state index is 11.7. The van der Waals surface area contributed by atoms with Crippen molar-refractivity contribution in [1.29, 1.82) is 0 Å². The van der Waals surface area contributed by atoms with Crippen molar-refractivity contribution in [3.63, 3.8) is 0 Å². The van der Waals surface area contributed by atoms with Crippen molar-refractivity contribution in [3.8, 4) is 0 Å². The fraction of sp³-hybridized carbons (Fsp3) is 0.930. The number of hydrogen-bond donors (Lipinski definition) is 0. The van der Waals surface area contributed by atoms with E-state index in [1.165, 1.54) is 12.8 Å². The van der Waals surface area contributed by atoms with Crippen LogP contribution in [0.25, 0.3) is 0 Å². The molecule has 1 unspecified atom stereocenters. The zero-order chi connectivity index (χ0) is 43.9. The monoisotopic (exact) mass is 882 g/mol. The highest BCUT2D eigenvalue weighted by molar-refractivity contribution is 5.80.